The van der Waals surface area contributed by atoms with Crippen molar-refractivity contribution in [3.05, 3.63) is 35.4 Å². The van der Waals surface area contributed by atoms with Gasteiger partial charge < -0.3 is 15.5 Å². The quantitative estimate of drug-likeness (QED) is 0.517. The Kier molecular flexibility index (Phi) is 6.76. The lowest BCUT2D eigenvalue weighted by Crippen LogP contribution is -2.50. The number of nitrogens with zero attached hydrogens (tertiary/aromatic N) is 2. The van der Waals surface area contributed by atoms with Crippen LogP contribution in [0.15, 0.2) is 29.8 Å². The number of hydrogen-bond acceptors (Lipinski definition) is 5. The Labute approximate surface area is 136 Å². The molecule has 0 heterocycles. The van der Waals surface area contributed by atoms with E-state index in [0.717, 1.165) is 0 Å². The van der Waals surface area contributed by atoms with Crippen molar-refractivity contribution in [2.45, 2.75) is 19.4 Å². The Morgan fingerprint density at radius 2 is 2.00 bits per heavy atom. The minimum atomic E-state index is -0.453. The summed E-state index contributed by atoms with van der Waals surface area (Å²) < 4.78 is 0. The molecular formula is C17H23N3O3. The molecule has 0 aliphatic heterocycles. The van der Waals surface area contributed by atoms with E-state index in [9.17, 15) is 9.90 Å². The number of aliphatic hydroxyl groups is 1. The van der Waals surface area contributed by atoms with Gasteiger partial charge in [-0.1, -0.05) is 12.1 Å². The molecule has 0 aliphatic rings. The zero-order valence-corrected chi connectivity index (χ0v) is 13.7. The van der Waals surface area contributed by atoms with E-state index in [1.807, 2.05) is 31.9 Å². The molecule has 1 rings (SSSR count). The number of β-amino-alcohol motifs (C(OH)–C–C–N with tert-alkyl or cyclic N) is 1. The lowest BCUT2D eigenvalue weighted by atomic mass is 10.0. The number of amides is 1. The highest BCUT2D eigenvalue weighted by molar-refractivity contribution is 6.01. The number of phenolic OH excluding ortho intramolecular Hbond substituents is 1. The van der Waals surface area contributed by atoms with Crippen LogP contribution in [0.3, 0.4) is 0 Å². The van der Waals surface area contributed by atoms with E-state index in [2.05, 4.69) is 5.32 Å². The number of nitrogens with one attached hydrogen (secondary N) is 1. The van der Waals surface area contributed by atoms with Crippen molar-refractivity contribution in [1.82, 2.24) is 10.2 Å². The number of rotatable bonds is 7. The molecule has 3 N–H and O–H groups in total. The summed E-state index contributed by atoms with van der Waals surface area (Å²) in [5, 5.41) is 30.1. The number of benzene rings is 1. The Balaban J connectivity index is 2.75. The molecule has 23 heavy (non-hydrogen) atoms. The summed E-state index contributed by atoms with van der Waals surface area (Å²) in [5.74, 6) is -0.329. The number of carbonyl (C=O) groups excluding carboxylic acids is 1. The molecule has 0 bridgehead atoms. The predicted octanol–water partition coefficient (Wildman–Crippen LogP) is 1.12. The fraction of sp³-hybridized carbons (Fsp3) is 0.412. The van der Waals surface area contributed by atoms with Crippen LogP contribution in [0.2, 0.25) is 0 Å². The van der Waals surface area contributed by atoms with Crippen molar-refractivity contribution in [2.75, 3.05) is 26.7 Å². The molecule has 0 radical (unpaired) electrons. The van der Waals surface area contributed by atoms with Gasteiger partial charge >= 0.3 is 0 Å². The highest BCUT2D eigenvalue weighted by atomic mass is 16.3. The van der Waals surface area contributed by atoms with Crippen molar-refractivity contribution in [1.29, 1.82) is 5.26 Å². The van der Waals surface area contributed by atoms with E-state index in [1.165, 1.54) is 18.2 Å². The minimum Gasteiger partial charge on any atom is -0.508 e. The largest absolute Gasteiger partial charge is 0.508 e. The third kappa shape index (κ3) is 5.74. The van der Waals surface area contributed by atoms with Gasteiger partial charge in [0.1, 0.15) is 17.4 Å². The summed E-state index contributed by atoms with van der Waals surface area (Å²) in [6.45, 7) is 4.77. The van der Waals surface area contributed by atoms with Crippen LogP contribution in [0.5, 0.6) is 5.75 Å². The van der Waals surface area contributed by atoms with Crippen molar-refractivity contribution in [2.24, 2.45) is 0 Å². The fourth-order valence-corrected chi connectivity index (χ4v) is 1.87. The van der Waals surface area contributed by atoms with Gasteiger partial charge in [0, 0.05) is 18.6 Å². The fourth-order valence-electron chi connectivity index (χ4n) is 1.87. The molecule has 0 fully saturated rings. The first-order valence-corrected chi connectivity index (χ1v) is 7.31. The molecule has 1 aromatic rings. The van der Waals surface area contributed by atoms with Gasteiger partial charge in [-0.25, -0.2) is 0 Å². The first-order chi connectivity index (χ1) is 10.8. The SMILES string of the molecule is CN(CCO)C(C)(C)CNC(=O)/C(C#N)=C/c1ccc(O)cc1. The lowest BCUT2D eigenvalue weighted by molar-refractivity contribution is -0.117. The van der Waals surface area contributed by atoms with Crippen LogP contribution >= 0.6 is 0 Å². The van der Waals surface area contributed by atoms with Gasteiger partial charge in [-0.15, -0.1) is 0 Å². The van der Waals surface area contributed by atoms with Gasteiger partial charge in [0.2, 0.25) is 0 Å². The molecule has 0 unspecified atom stereocenters. The molecule has 0 aromatic heterocycles. The third-order valence-electron chi connectivity index (χ3n) is 3.72. The summed E-state index contributed by atoms with van der Waals surface area (Å²) in [6.07, 6.45) is 1.47. The van der Waals surface area contributed by atoms with Crippen LogP contribution in [0.1, 0.15) is 19.4 Å². The summed E-state index contributed by atoms with van der Waals surface area (Å²) in [6, 6.07) is 8.12. The molecule has 6 heteroatoms. The molecule has 0 atom stereocenters. The zero-order chi connectivity index (χ0) is 17.5. The maximum absolute atomic E-state index is 12.2. The first-order valence-electron chi connectivity index (χ1n) is 7.31. The second kappa shape index (κ2) is 8.32. The summed E-state index contributed by atoms with van der Waals surface area (Å²) in [5.41, 5.74) is 0.305. The smallest absolute Gasteiger partial charge is 0.262 e. The molecule has 1 aromatic carbocycles. The second-order valence-electron chi connectivity index (χ2n) is 5.90. The minimum absolute atomic E-state index is 0.00342. The van der Waals surface area contributed by atoms with Gasteiger partial charge in [0.25, 0.3) is 5.91 Å². The summed E-state index contributed by atoms with van der Waals surface area (Å²) in [7, 11) is 1.86. The van der Waals surface area contributed by atoms with Crippen molar-refractivity contribution in [3.63, 3.8) is 0 Å². The average molecular weight is 317 g/mol. The Bertz CT molecular complexity index is 601. The molecule has 124 valence electrons. The molecule has 0 aliphatic carbocycles. The van der Waals surface area contributed by atoms with Crippen LogP contribution in [0.4, 0.5) is 0 Å². The van der Waals surface area contributed by atoms with Gasteiger partial charge in [-0.2, -0.15) is 5.26 Å². The topological polar surface area (TPSA) is 96.6 Å². The van der Waals surface area contributed by atoms with Crippen molar-refractivity contribution < 1.29 is 15.0 Å². The van der Waals surface area contributed by atoms with E-state index >= 15 is 0 Å². The van der Waals surface area contributed by atoms with Gasteiger partial charge in [0.15, 0.2) is 0 Å². The summed E-state index contributed by atoms with van der Waals surface area (Å²) >= 11 is 0. The Morgan fingerprint density at radius 3 is 2.52 bits per heavy atom. The van der Waals surface area contributed by atoms with Crippen LogP contribution in [0.25, 0.3) is 6.08 Å². The predicted molar refractivity (Wildman–Crippen MR) is 88.5 cm³/mol. The molecule has 0 spiro atoms. The summed E-state index contributed by atoms with van der Waals surface area (Å²) in [4.78, 5) is 14.1. The van der Waals surface area contributed by atoms with Gasteiger partial charge in [-0.3, -0.25) is 9.69 Å². The van der Waals surface area contributed by atoms with Crippen LogP contribution in [-0.4, -0.2) is 53.3 Å². The normalized spacial score (nSPS) is 12.1. The maximum Gasteiger partial charge on any atom is 0.262 e. The van der Waals surface area contributed by atoms with E-state index in [1.54, 1.807) is 12.1 Å². The van der Waals surface area contributed by atoms with E-state index in [4.69, 9.17) is 10.4 Å². The average Bonchev–Trinajstić information content (AvgIpc) is 2.52. The lowest BCUT2D eigenvalue weighted by Gasteiger charge is -2.35. The molecule has 1 amide bonds. The molecule has 0 saturated carbocycles. The zero-order valence-electron chi connectivity index (χ0n) is 13.7. The Morgan fingerprint density at radius 1 is 1.39 bits per heavy atom. The van der Waals surface area contributed by atoms with E-state index in [-0.39, 0.29) is 23.5 Å². The van der Waals surface area contributed by atoms with Gasteiger partial charge in [0.05, 0.1) is 6.61 Å². The monoisotopic (exact) mass is 317 g/mol. The molecule has 0 saturated heterocycles. The number of aliphatic hydroxyl groups excluding tert-OH is 1. The van der Waals surface area contributed by atoms with Crippen molar-refractivity contribution in [3.8, 4) is 11.8 Å². The number of nitriles is 1. The number of phenols is 1. The maximum atomic E-state index is 12.2. The highest BCUT2D eigenvalue weighted by Crippen LogP contribution is 2.14. The standard InChI is InChI=1S/C17H23N3O3/c1-17(2,20(3)8-9-21)12-19-16(23)14(11-18)10-13-4-6-15(22)7-5-13/h4-7,10,21-22H,8-9,12H2,1-3H3,(H,19,23)/b14-10+. The third-order valence-corrected chi connectivity index (χ3v) is 3.72. The van der Waals surface area contributed by atoms with E-state index < -0.39 is 5.91 Å². The van der Waals surface area contributed by atoms with Crippen LogP contribution < -0.4 is 5.32 Å². The number of carbonyl (C=O) groups is 1. The Hall–Kier alpha value is -2.36. The molecular weight excluding hydrogens is 294 g/mol. The molecule has 6 nitrogen and oxygen atoms in total. The van der Waals surface area contributed by atoms with Crippen LogP contribution in [-0.2, 0) is 4.79 Å². The first kappa shape index (κ1) is 18.7. The van der Waals surface area contributed by atoms with Crippen LogP contribution in [0, 0.1) is 11.3 Å². The number of likely N-dealkylation sites (N-methyl/N-ethyl adjacent to an activating group) is 1. The second-order valence-corrected chi connectivity index (χ2v) is 5.90. The van der Waals surface area contributed by atoms with Gasteiger partial charge in [-0.05, 0) is 44.7 Å². The van der Waals surface area contributed by atoms with Crippen molar-refractivity contribution >= 4 is 12.0 Å². The number of aromatic hydroxyl groups is 1. The highest BCUT2D eigenvalue weighted by Gasteiger charge is 2.24. The van der Waals surface area contributed by atoms with E-state index in [0.29, 0.717) is 18.7 Å². The number of hydrogen-bond donors (Lipinski definition) is 3.